The van der Waals surface area contributed by atoms with E-state index in [4.69, 9.17) is 14.2 Å². The number of para-hydroxylation sites is 1. The molecule has 2 N–H and O–H groups in total. The summed E-state index contributed by atoms with van der Waals surface area (Å²) < 4.78 is 16.7. The quantitative estimate of drug-likeness (QED) is 0.544. The van der Waals surface area contributed by atoms with Crippen LogP contribution >= 0.6 is 15.9 Å². The molecule has 2 aromatic rings. The third-order valence-corrected chi connectivity index (χ3v) is 4.93. The maximum Gasteiger partial charge on any atom is 0.238 e. The van der Waals surface area contributed by atoms with E-state index in [0.29, 0.717) is 22.9 Å². The van der Waals surface area contributed by atoms with Crippen molar-refractivity contribution in [3.63, 3.8) is 0 Å². The van der Waals surface area contributed by atoms with Gasteiger partial charge in [0.25, 0.3) is 0 Å². The molecule has 0 atom stereocenters. The van der Waals surface area contributed by atoms with Gasteiger partial charge in [0.05, 0.1) is 40.1 Å². The van der Waals surface area contributed by atoms with Crippen LogP contribution in [0.2, 0.25) is 0 Å². The summed E-state index contributed by atoms with van der Waals surface area (Å²) in [5.41, 5.74) is 1.43. The van der Waals surface area contributed by atoms with Crippen molar-refractivity contribution in [1.29, 1.82) is 0 Å². The van der Waals surface area contributed by atoms with Crippen molar-refractivity contribution in [1.82, 2.24) is 10.2 Å². The van der Waals surface area contributed by atoms with Crippen LogP contribution in [0.15, 0.2) is 40.9 Å². The van der Waals surface area contributed by atoms with Crippen molar-refractivity contribution in [2.75, 3.05) is 46.8 Å². The van der Waals surface area contributed by atoms with Crippen LogP contribution in [0.4, 0.5) is 5.69 Å². The summed E-state index contributed by atoms with van der Waals surface area (Å²) in [5.74, 6) is 1.24. The summed E-state index contributed by atoms with van der Waals surface area (Å²) in [6.07, 6.45) is 0. The number of rotatable bonds is 10. The lowest BCUT2D eigenvalue weighted by Crippen LogP contribution is -2.38. The average molecular weight is 480 g/mol. The maximum absolute atomic E-state index is 12.3. The van der Waals surface area contributed by atoms with Gasteiger partial charge in [-0.2, -0.15) is 0 Å². The van der Waals surface area contributed by atoms with Gasteiger partial charge in [0, 0.05) is 22.6 Å². The summed E-state index contributed by atoms with van der Waals surface area (Å²) in [4.78, 5) is 26.1. The second-order valence-electron chi connectivity index (χ2n) is 6.50. The number of amides is 2. The van der Waals surface area contributed by atoms with Crippen LogP contribution < -0.4 is 24.8 Å². The van der Waals surface area contributed by atoms with Gasteiger partial charge in [0.2, 0.25) is 11.8 Å². The van der Waals surface area contributed by atoms with Crippen LogP contribution in [0.5, 0.6) is 17.2 Å². The van der Waals surface area contributed by atoms with Gasteiger partial charge < -0.3 is 24.8 Å². The van der Waals surface area contributed by atoms with Gasteiger partial charge in [-0.25, -0.2) is 0 Å². The van der Waals surface area contributed by atoms with Crippen LogP contribution in [-0.2, 0) is 16.1 Å². The zero-order valence-corrected chi connectivity index (χ0v) is 19.0. The SMILES string of the molecule is COc1cc(OC)c(OC)cc1CNC(=O)CN(C)CC(=O)Nc1ccccc1Br. The van der Waals surface area contributed by atoms with Crippen molar-refractivity contribution in [2.45, 2.75) is 6.54 Å². The molecule has 0 spiro atoms. The molecule has 0 unspecified atom stereocenters. The Balaban J connectivity index is 1.88. The molecule has 2 amide bonds. The van der Waals surface area contributed by atoms with E-state index in [1.165, 1.54) is 0 Å². The Labute approximate surface area is 184 Å². The lowest BCUT2D eigenvalue weighted by molar-refractivity contribution is -0.123. The number of likely N-dealkylation sites (N-methyl/N-ethyl adjacent to an activating group) is 1. The topological polar surface area (TPSA) is 89.1 Å². The van der Waals surface area contributed by atoms with Crippen LogP contribution in [0.25, 0.3) is 0 Å². The fraction of sp³-hybridized carbons (Fsp3) is 0.333. The van der Waals surface area contributed by atoms with Gasteiger partial charge in [-0.05, 0) is 41.2 Å². The predicted molar refractivity (Wildman–Crippen MR) is 118 cm³/mol. The highest BCUT2D eigenvalue weighted by molar-refractivity contribution is 9.10. The molecule has 2 aromatic carbocycles. The van der Waals surface area contributed by atoms with E-state index in [1.54, 1.807) is 51.5 Å². The Morgan fingerprint density at radius 3 is 2.17 bits per heavy atom. The van der Waals surface area contributed by atoms with E-state index < -0.39 is 0 Å². The van der Waals surface area contributed by atoms with E-state index in [1.807, 2.05) is 18.2 Å². The van der Waals surface area contributed by atoms with Crippen LogP contribution in [0.3, 0.4) is 0 Å². The summed E-state index contributed by atoms with van der Waals surface area (Å²) in [6, 6.07) is 10.8. The molecule has 0 aliphatic rings. The van der Waals surface area contributed by atoms with Gasteiger partial charge in [-0.3, -0.25) is 14.5 Å². The first kappa shape index (κ1) is 23.5. The van der Waals surface area contributed by atoms with Crippen molar-refractivity contribution >= 4 is 33.4 Å². The molecule has 8 nitrogen and oxygen atoms in total. The number of hydrogen-bond donors (Lipinski definition) is 2. The Morgan fingerprint density at radius 1 is 0.933 bits per heavy atom. The summed E-state index contributed by atoms with van der Waals surface area (Å²) in [5, 5.41) is 5.64. The molecule has 162 valence electrons. The monoisotopic (exact) mass is 479 g/mol. The van der Waals surface area contributed by atoms with Crippen LogP contribution in [-0.4, -0.2) is 58.2 Å². The molecule has 0 heterocycles. The van der Waals surface area contributed by atoms with E-state index in [9.17, 15) is 9.59 Å². The summed E-state index contributed by atoms with van der Waals surface area (Å²) in [7, 11) is 6.34. The normalized spacial score (nSPS) is 10.5. The number of benzene rings is 2. The fourth-order valence-corrected chi connectivity index (χ4v) is 3.16. The number of methoxy groups -OCH3 is 3. The summed E-state index contributed by atoms with van der Waals surface area (Å²) >= 11 is 3.39. The third-order valence-electron chi connectivity index (χ3n) is 4.24. The molecular weight excluding hydrogens is 454 g/mol. The van der Waals surface area contributed by atoms with E-state index in [2.05, 4.69) is 26.6 Å². The van der Waals surface area contributed by atoms with Gasteiger partial charge in [-0.1, -0.05) is 12.1 Å². The second kappa shape index (κ2) is 11.4. The molecule has 0 bridgehead atoms. The molecule has 2 rings (SSSR count). The molecule has 0 aliphatic heterocycles. The lowest BCUT2D eigenvalue weighted by atomic mass is 10.1. The lowest BCUT2D eigenvalue weighted by Gasteiger charge is -2.17. The highest BCUT2D eigenvalue weighted by Gasteiger charge is 2.15. The highest BCUT2D eigenvalue weighted by atomic mass is 79.9. The molecule has 0 radical (unpaired) electrons. The number of nitrogens with zero attached hydrogens (tertiary/aromatic N) is 1. The first-order valence-electron chi connectivity index (χ1n) is 9.16. The van der Waals surface area contributed by atoms with Crippen molar-refractivity contribution in [3.8, 4) is 17.2 Å². The molecule has 0 saturated heterocycles. The third kappa shape index (κ3) is 6.64. The number of hydrogen-bond acceptors (Lipinski definition) is 6. The maximum atomic E-state index is 12.3. The Hall–Kier alpha value is -2.78. The van der Waals surface area contributed by atoms with E-state index in [-0.39, 0.29) is 31.4 Å². The zero-order chi connectivity index (χ0) is 22.1. The number of nitrogens with one attached hydrogen (secondary N) is 2. The molecule has 9 heteroatoms. The number of ether oxygens (including phenoxy) is 3. The molecule has 0 fully saturated rings. The zero-order valence-electron chi connectivity index (χ0n) is 17.5. The minimum absolute atomic E-state index is 0.0684. The Bertz CT molecular complexity index is 891. The van der Waals surface area contributed by atoms with E-state index in [0.717, 1.165) is 10.0 Å². The fourth-order valence-electron chi connectivity index (χ4n) is 2.78. The first-order valence-corrected chi connectivity index (χ1v) is 9.95. The molecular formula is C21H26BrN3O5. The highest BCUT2D eigenvalue weighted by Crippen LogP contribution is 2.34. The van der Waals surface area contributed by atoms with Crippen molar-refractivity contribution in [3.05, 3.63) is 46.4 Å². The smallest absolute Gasteiger partial charge is 0.238 e. The number of carbonyl (C=O) groups excluding carboxylic acids is 2. The molecule has 30 heavy (non-hydrogen) atoms. The number of anilines is 1. The predicted octanol–water partition coefficient (Wildman–Crippen LogP) is 2.66. The van der Waals surface area contributed by atoms with Gasteiger partial charge in [0.15, 0.2) is 11.5 Å². The standard InChI is InChI=1S/C21H26BrN3O5/c1-25(13-21(27)24-16-8-6-5-7-15(16)22)12-20(26)23-11-14-9-18(29-3)19(30-4)10-17(14)28-2/h5-10H,11-13H2,1-4H3,(H,23,26)(H,24,27). The van der Waals surface area contributed by atoms with E-state index >= 15 is 0 Å². The Kier molecular flexibility index (Phi) is 8.94. The molecule has 0 saturated carbocycles. The Morgan fingerprint density at radius 2 is 1.53 bits per heavy atom. The summed E-state index contributed by atoms with van der Waals surface area (Å²) in [6.45, 7) is 0.396. The van der Waals surface area contributed by atoms with Crippen LogP contribution in [0, 0.1) is 0 Å². The molecule has 0 aliphatic carbocycles. The number of carbonyl (C=O) groups is 2. The largest absolute Gasteiger partial charge is 0.496 e. The van der Waals surface area contributed by atoms with Crippen molar-refractivity contribution < 1.29 is 23.8 Å². The minimum atomic E-state index is -0.219. The van der Waals surface area contributed by atoms with Gasteiger partial charge in [-0.15, -0.1) is 0 Å². The first-order chi connectivity index (χ1) is 14.4. The average Bonchev–Trinajstić information content (AvgIpc) is 2.72. The van der Waals surface area contributed by atoms with Crippen molar-refractivity contribution in [2.24, 2.45) is 0 Å². The second-order valence-corrected chi connectivity index (χ2v) is 7.35. The van der Waals surface area contributed by atoms with Gasteiger partial charge >= 0.3 is 0 Å². The minimum Gasteiger partial charge on any atom is -0.496 e. The number of halogens is 1. The van der Waals surface area contributed by atoms with Crippen LogP contribution in [0.1, 0.15) is 5.56 Å². The molecule has 0 aromatic heterocycles. The van der Waals surface area contributed by atoms with Gasteiger partial charge in [0.1, 0.15) is 5.75 Å².